The molecule has 0 radical (unpaired) electrons. The van der Waals surface area contributed by atoms with Crippen LogP contribution in [0.15, 0.2) is 18.2 Å². The van der Waals surface area contributed by atoms with Crippen LogP contribution in [0.3, 0.4) is 0 Å². The van der Waals surface area contributed by atoms with E-state index in [0.29, 0.717) is 28.7 Å². The van der Waals surface area contributed by atoms with Crippen LogP contribution >= 0.6 is 34.2 Å². The summed E-state index contributed by atoms with van der Waals surface area (Å²) in [5, 5.41) is 4.26. The Bertz CT molecular complexity index is 525. The third kappa shape index (κ3) is 2.83. The topological polar surface area (TPSA) is 32.3 Å². The van der Waals surface area contributed by atoms with E-state index in [1.807, 2.05) is 24.1 Å². The van der Waals surface area contributed by atoms with E-state index >= 15 is 0 Å². The summed E-state index contributed by atoms with van der Waals surface area (Å²) >= 11 is 8.29. The minimum absolute atomic E-state index is 0.0783. The molecule has 0 spiro atoms. The van der Waals surface area contributed by atoms with Crippen LogP contribution in [0, 0.1) is 3.57 Å². The van der Waals surface area contributed by atoms with Crippen molar-refractivity contribution < 1.29 is 4.79 Å². The molecule has 2 fully saturated rings. The predicted octanol–water partition coefficient (Wildman–Crippen LogP) is 3.30. The Labute approximate surface area is 138 Å². The minimum atomic E-state index is 0.0783. The van der Waals surface area contributed by atoms with Gasteiger partial charge < -0.3 is 10.2 Å². The molecule has 1 N–H and O–H groups in total. The van der Waals surface area contributed by atoms with E-state index in [9.17, 15) is 4.79 Å². The van der Waals surface area contributed by atoms with Crippen LogP contribution in [0.2, 0.25) is 5.02 Å². The highest BCUT2D eigenvalue weighted by Crippen LogP contribution is 2.30. The largest absolute Gasteiger partial charge is 0.339 e. The van der Waals surface area contributed by atoms with E-state index in [1.165, 1.54) is 12.8 Å². The first-order valence-corrected chi connectivity index (χ1v) is 8.48. The first-order chi connectivity index (χ1) is 9.54. The van der Waals surface area contributed by atoms with E-state index in [-0.39, 0.29) is 5.91 Å². The molecule has 2 unspecified atom stereocenters. The number of piperidine rings is 1. The van der Waals surface area contributed by atoms with Gasteiger partial charge in [-0.2, -0.15) is 0 Å². The van der Waals surface area contributed by atoms with E-state index in [0.717, 1.165) is 16.4 Å². The summed E-state index contributed by atoms with van der Waals surface area (Å²) in [6.07, 6.45) is 4.63. The van der Waals surface area contributed by atoms with E-state index < -0.39 is 0 Å². The molecular formula is C15H18ClIN2O. The number of halogens is 2. The molecule has 2 aliphatic heterocycles. The predicted molar refractivity (Wildman–Crippen MR) is 89.2 cm³/mol. The number of nitrogens with one attached hydrogen (secondary N) is 1. The zero-order valence-corrected chi connectivity index (χ0v) is 14.3. The third-order valence-corrected chi connectivity index (χ3v) is 6.06. The zero-order chi connectivity index (χ0) is 14.3. The van der Waals surface area contributed by atoms with Gasteiger partial charge in [-0.1, -0.05) is 11.6 Å². The zero-order valence-electron chi connectivity index (χ0n) is 11.4. The number of hydrogen-bond acceptors (Lipinski definition) is 2. The highest BCUT2D eigenvalue weighted by molar-refractivity contribution is 14.1. The van der Waals surface area contributed by atoms with Gasteiger partial charge in [-0.15, -0.1) is 0 Å². The maximum absolute atomic E-state index is 12.6. The number of benzene rings is 1. The normalized spacial score (nSPS) is 28.4. The fourth-order valence-electron chi connectivity index (χ4n) is 3.34. The van der Waals surface area contributed by atoms with Crippen molar-refractivity contribution in [2.75, 3.05) is 7.05 Å². The quantitative estimate of drug-likeness (QED) is 0.767. The fraction of sp³-hybridized carbons (Fsp3) is 0.533. The average Bonchev–Trinajstić information content (AvgIpc) is 2.79. The lowest BCUT2D eigenvalue weighted by Gasteiger charge is -2.35. The molecule has 0 aliphatic carbocycles. The van der Waals surface area contributed by atoms with E-state index in [2.05, 4.69) is 27.9 Å². The molecule has 1 aromatic carbocycles. The lowest BCUT2D eigenvalue weighted by atomic mass is 9.98. The maximum atomic E-state index is 12.6. The Morgan fingerprint density at radius 1 is 1.35 bits per heavy atom. The molecule has 3 nitrogen and oxygen atoms in total. The number of hydrogen-bond donors (Lipinski definition) is 1. The summed E-state index contributed by atoms with van der Waals surface area (Å²) in [6, 6.07) is 7.07. The van der Waals surface area contributed by atoms with Crippen molar-refractivity contribution in [3.63, 3.8) is 0 Å². The summed E-state index contributed by atoms with van der Waals surface area (Å²) in [4.78, 5) is 14.5. The maximum Gasteiger partial charge on any atom is 0.253 e. The average molecular weight is 405 g/mol. The molecule has 1 aromatic rings. The van der Waals surface area contributed by atoms with Gasteiger partial charge in [-0.3, -0.25) is 4.79 Å². The van der Waals surface area contributed by atoms with Gasteiger partial charge in [0.1, 0.15) is 0 Å². The molecule has 108 valence electrons. The third-order valence-electron chi connectivity index (χ3n) is 4.48. The number of amides is 1. The van der Waals surface area contributed by atoms with Crippen molar-refractivity contribution in [2.24, 2.45) is 0 Å². The Morgan fingerprint density at radius 3 is 2.60 bits per heavy atom. The second-order valence-electron chi connectivity index (χ2n) is 5.81. The molecule has 2 heterocycles. The van der Waals surface area contributed by atoms with Gasteiger partial charge in [0.2, 0.25) is 0 Å². The van der Waals surface area contributed by atoms with Crippen molar-refractivity contribution in [3.05, 3.63) is 32.4 Å². The lowest BCUT2D eigenvalue weighted by molar-refractivity contribution is 0.0681. The van der Waals surface area contributed by atoms with E-state index in [4.69, 9.17) is 11.6 Å². The number of nitrogens with zero attached hydrogens (tertiary/aromatic N) is 1. The van der Waals surface area contributed by atoms with Crippen LogP contribution < -0.4 is 5.32 Å². The Balaban J connectivity index is 1.74. The van der Waals surface area contributed by atoms with Crippen molar-refractivity contribution in [1.29, 1.82) is 0 Å². The van der Waals surface area contributed by atoms with Crippen molar-refractivity contribution >= 4 is 40.1 Å². The minimum Gasteiger partial charge on any atom is -0.339 e. The summed E-state index contributed by atoms with van der Waals surface area (Å²) < 4.78 is 0.975. The fourth-order valence-corrected chi connectivity index (χ4v) is 3.86. The van der Waals surface area contributed by atoms with Crippen molar-refractivity contribution in [3.8, 4) is 0 Å². The van der Waals surface area contributed by atoms with Crippen LogP contribution in [0.5, 0.6) is 0 Å². The first-order valence-electron chi connectivity index (χ1n) is 7.03. The Kier molecular flexibility index (Phi) is 4.24. The molecule has 2 bridgehead atoms. The molecule has 2 atom stereocenters. The Morgan fingerprint density at radius 2 is 2.00 bits per heavy atom. The highest BCUT2D eigenvalue weighted by Gasteiger charge is 2.36. The molecule has 0 saturated carbocycles. The summed E-state index contributed by atoms with van der Waals surface area (Å²) in [6.45, 7) is 0. The molecule has 2 aliphatic rings. The lowest BCUT2D eigenvalue weighted by Crippen LogP contribution is -2.48. The summed E-state index contributed by atoms with van der Waals surface area (Å²) in [7, 11) is 1.92. The van der Waals surface area contributed by atoms with Gasteiger partial charge >= 0.3 is 0 Å². The van der Waals surface area contributed by atoms with Crippen molar-refractivity contribution in [2.45, 2.75) is 43.8 Å². The molecular weight excluding hydrogens is 387 g/mol. The smallest absolute Gasteiger partial charge is 0.253 e. The molecule has 3 rings (SSSR count). The number of carbonyl (C=O) groups is 1. The first kappa shape index (κ1) is 14.6. The van der Waals surface area contributed by atoms with Crippen LogP contribution in [-0.4, -0.2) is 36.0 Å². The van der Waals surface area contributed by atoms with Crippen LogP contribution in [0.25, 0.3) is 0 Å². The standard InChI is InChI=1S/C15H18ClIN2O/c1-19(12-7-10-3-4-11(8-12)18-10)15(20)9-2-5-14(17)13(16)6-9/h2,5-6,10-12,18H,3-4,7-8H2,1H3. The molecule has 0 aromatic heterocycles. The summed E-state index contributed by atoms with van der Waals surface area (Å²) in [5.74, 6) is 0.0783. The molecule has 1 amide bonds. The number of carbonyl (C=O) groups excluding carboxylic acids is 1. The summed E-state index contributed by atoms with van der Waals surface area (Å²) in [5.41, 5.74) is 0.684. The number of rotatable bonds is 2. The number of fused-ring (bicyclic) bond motifs is 2. The van der Waals surface area contributed by atoms with Crippen LogP contribution in [0.4, 0.5) is 0 Å². The Hall–Kier alpha value is -0.330. The van der Waals surface area contributed by atoms with Gasteiger partial charge in [0.05, 0.1) is 5.02 Å². The second-order valence-corrected chi connectivity index (χ2v) is 7.38. The highest BCUT2D eigenvalue weighted by atomic mass is 127. The van der Waals surface area contributed by atoms with Crippen LogP contribution in [0.1, 0.15) is 36.0 Å². The van der Waals surface area contributed by atoms with Crippen molar-refractivity contribution in [1.82, 2.24) is 10.2 Å². The molecule has 2 saturated heterocycles. The van der Waals surface area contributed by atoms with Gasteiger partial charge in [0.15, 0.2) is 0 Å². The molecule has 20 heavy (non-hydrogen) atoms. The van der Waals surface area contributed by atoms with Gasteiger partial charge in [-0.05, 0) is 66.5 Å². The SMILES string of the molecule is CN(C(=O)c1ccc(I)c(Cl)c1)C1CC2CCC(C1)N2. The molecule has 5 heteroatoms. The monoisotopic (exact) mass is 404 g/mol. The van der Waals surface area contributed by atoms with Gasteiger partial charge in [0, 0.05) is 34.3 Å². The van der Waals surface area contributed by atoms with Crippen LogP contribution in [-0.2, 0) is 0 Å². The van der Waals surface area contributed by atoms with Gasteiger partial charge in [-0.25, -0.2) is 0 Å². The van der Waals surface area contributed by atoms with E-state index in [1.54, 1.807) is 6.07 Å². The second kappa shape index (κ2) is 5.81. The van der Waals surface area contributed by atoms with Gasteiger partial charge in [0.25, 0.3) is 5.91 Å².